The van der Waals surface area contributed by atoms with Crippen LogP contribution in [0.25, 0.3) is 0 Å². The van der Waals surface area contributed by atoms with Crippen LogP contribution in [0.1, 0.15) is 28.9 Å². The van der Waals surface area contributed by atoms with Crippen LogP contribution < -0.4 is 16.4 Å². The van der Waals surface area contributed by atoms with Crippen LogP contribution in [0.3, 0.4) is 0 Å². The molecule has 0 saturated carbocycles. The van der Waals surface area contributed by atoms with Gasteiger partial charge in [-0.25, -0.2) is 0 Å². The van der Waals surface area contributed by atoms with Gasteiger partial charge >= 0.3 is 0 Å². The third-order valence-corrected chi connectivity index (χ3v) is 3.32. The molecule has 0 spiro atoms. The molecule has 2 amide bonds. The second-order valence-electron chi connectivity index (χ2n) is 5.21. The van der Waals surface area contributed by atoms with E-state index < -0.39 is 6.04 Å². The monoisotopic (exact) mass is 312 g/mol. The molecule has 1 heterocycles. The lowest BCUT2D eigenvalue weighted by Gasteiger charge is -2.21. The van der Waals surface area contributed by atoms with Crippen molar-refractivity contribution < 1.29 is 9.59 Å². The molecule has 1 aromatic heterocycles. The highest BCUT2D eigenvalue weighted by atomic mass is 16.2. The normalized spacial score (nSPS) is 13.0. The van der Waals surface area contributed by atoms with Crippen LogP contribution >= 0.6 is 0 Å². The highest BCUT2D eigenvalue weighted by molar-refractivity contribution is 5.93. The first-order valence-corrected chi connectivity index (χ1v) is 7.37. The summed E-state index contributed by atoms with van der Waals surface area (Å²) < 4.78 is 0. The maximum atomic E-state index is 12.1. The number of hydrogen-bond donors (Lipinski definition) is 3. The van der Waals surface area contributed by atoms with Gasteiger partial charge in [0.1, 0.15) is 0 Å². The number of carbonyl (C=O) groups excluding carboxylic acids is 2. The third-order valence-electron chi connectivity index (χ3n) is 3.32. The van der Waals surface area contributed by atoms with Crippen molar-refractivity contribution in [2.75, 3.05) is 6.54 Å². The van der Waals surface area contributed by atoms with Crippen LogP contribution in [0.2, 0.25) is 0 Å². The van der Waals surface area contributed by atoms with E-state index in [4.69, 9.17) is 5.73 Å². The Labute approximate surface area is 135 Å². The Morgan fingerprint density at radius 1 is 1.17 bits per heavy atom. The van der Waals surface area contributed by atoms with E-state index >= 15 is 0 Å². The minimum absolute atomic E-state index is 0.242. The number of carbonyl (C=O) groups is 2. The molecule has 0 bridgehead atoms. The summed E-state index contributed by atoms with van der Waals surface area (Å²) in [5.74, 6) is -0.511. The third kappa shape index (κ3) is 4.89. The van der Waals surface area contributed by atoms with Crippen LogP contribution in [0.5, 0.6) is 0 Å². The first-order valence-electron chi connectivity index (χ1n) is 7.37. The molecule has 120 valence electrons. The number of benzene rings is 1. The van der Waals surface area contributed by atoms with Crippen molar-refractivity contribution >= 4 is 11.8 Å². The zero-order valence-corrected chi connectivity index (χ0v) is 12.9. The first kappa shape index (κ1) is 16.6. The van der Waals surface area contributed by atoms with Crippen molar-refractivity contribution in [1.82, 2.24) is 15.6 Å². The maximum absolute atomic E-state index is 12.1. The van der Waals surface area contributed by atoms with Gasteiger partial charge in [0.2, 0.25) is 5.91 Å². The highest BCUT2D eigenvalue weighted by Gasteiger charge is 2.18. The summed E-state index contributed by atoms with van der Waals surface area (Å²) in [5, 5.41) is 5.65. The topological polar surface area (TPSA) is 97.1 Å². The molecule has 0 aliphatic carbocycles. The fraction of sp³-hybridized carbons (Fsp3) is 0.235. The Kier molecular flexibility index (Phi) is 5.82. The Morgan fingerprint density at radius 2 is 1.91 bits per heavy atom. The van der Waals surface area contributed by atoms with Crippen molar-refractivity contribution in [2.24, 2.45) is 5.73 Å². The van der Waals surface area contributed by atoms with E-state index in [1.165, 1.54) is 6.20 Å². The molecule has 6 heteroatoms. The SMILES string of the molecule is CC(N)C(=O)N[C@H](CNC(=O)c1cccnc1)c1ccccc1. The van der Waals surface area contributed by atoms with E-state index in [9.17, 15) is 9.59 Å². The van der Waals surface area contributed by atoms with Gasteiger partial charge in [-0.2, -0.15) is 0 Å². The zero-order chi connectivity index (χ0) is 16.7. The van der Waals surface area contributed by atoms with Crippen molar-refractivity contribution in [2.45, 2.75) is 19.0 Å². The van der Waals surface area contributed by atoms with Crippen LogP contribution in [0.4, 0.5) is 0 Å². The van der Waals surface area contributed by atoms with Crippen LogP contribution in [-0.2, 0) is 4.79 Å². The molecule has 6 nitrogen and oxygen atoms in total. The summed E-state index contributed by atoms with van der Waals surface area (Å²) in [7, 11) is 0. The second-order valence-corrected chi connectivity index (χ2v) is 5.21. The lowest BCUT2D eigenvalue weighted by atomic mass is 10.1. The van der Waals surface area contributed by atoms with Gasteiger partial charge in [-0.05, 0) is 24.6 Å². The Hall–Kier alpha value is -2.73. The van der Waals surface area contributed by atoms with E-state index in [0.29, 0.717) is 5.56 Å². The van der Waals surface area contributed by atoms with Gasteiger partial charge < -0.3 is 16.4 Å². The fourth-order valence-electron chi connectivity index (χ4n) is 2.03. The summed E-state index contributed by atoms with van der Waals surface area (Å²) in [5.41, 5.74) is 6.97. The molecule has 1 aromatic carbocycles. The standard InChI is InChI=1S/C17H20N4O2/c1-12(18)16(22)21-15(13-6-3-2-4-7-13)11-20-17(23)14-8-5-9-19-10-14/h2-10,12,15H,11,18H2,1H3,(H,20,23)(H,21,22)/t12?,15-/m1/s1. The van der Waals surface area contributed by atoms with Gasteiger partial charge in [0, 0.05) is 18.9 Å². The largest absolute Gasteiger partial charge is 0.350 e. The van der Waals surface area contributed by atoms with Gasteiger partial charge in [0.05, 0.1) is 17.6 Å². The van der Waals surface area contributed by atoms with E-state index in [0.717, 1.165) is 5.56 Å². The maximum Gasteiger partial charge on any atom is 0.252 e. The molecule has 4 N–H and O–H groups in total. The van der Waals surface area contributed by atoms with Crippen LogP contribution in [0.15, 0.2) is 54.9 Å². The van der Waals surface area contributed by atoms with Gasteiger partial charge in [-0.1, -0.05) is 30.3 Å². The molecule has 0 saturated heterocycles. The Morgan fingerprint density at radius 3 is 2.52 bits per heavy atom. The number of aromatic nitrogens is 1. The minimum Gasteiger partial charge on any atom is -0.350 e. The van der Waals surface area contributed by atoms with Gasteiger partial charge in [-0.15, -0.1) is 0 Å². The number of nitrogens with one attached hydrogen (secondary N) is 2. The quantitative estimate of drug-likeness (QED) is 0.742. The number of pyridine rings is 1. The molecule has 0 aliphatic heterocycles. The van der Waals surface area contributed by atoms with Crippen LogP contribution in [0, 0.1) is 0 Å². The van der Waals surface area contributed by atoms with Crippen molar-refractivity contribution in [3.8, 4) is 0 Å². The van der Waals surface area contributed by atoms with E-state index in [2.05, 4.69) is 15.6 Å². The summed E-state index contributed by atoms with van der Waals surface area (Å²) >= 11 is 0. The molecular formula is C17H20N4O2. The summed E-state index contributed by atoms with van der Waals surface area (Å²) in [6.45, 7) is 1.88. The Balaban J connectivity index is 2.06. The van der Waals surface area contributed by atoms with Gasteiger partial charge in [0.15, 0.2) is 0 Å². The smallest absolute Gasteiger partial charge is 0.252 e. The van der Waals surface area contributed by atoms with Crippen LogP contribution in [-0.4, -0.2) is 29.4 Å². The lowest BCUT2D eigenvalue weighted by Crippen LogP contribution is -2.44. The van der Waals surface area contributed by atoms with E-state index in [-0.39, 0.29) is 24.4 Å². The van der Waals surface area contributed by atoms with E-state index in [1.54, 1.807) is 25.3 Å². The molecular weight excluding hydrogens is 292 g/mol. The zero-order valence-electron chi connectivity index (χ0n) is 12.9. The highest BCUT2D eigenvalue weighted by Crippen LogP contribution is 2.12. The number of amides is 2. The average Bonchev–Trinajstić information content (AvgIpc) is 2.59. The van der Waals surface area contributed by atoms with Crippen molar-refractivity contribution in [3.05, 3.63) is 66.0 Å². The lowest BCUT2D eigenvalue weighted by molar-refractivity contribution is -0.122. The van der Waals surface area contributed by atoms with Gasteiger partial charge in [-0.3, -0.25) is 14.6 Å². The first-order chi connectivity index (χ1) is 11.1. The predicted molar refractivity (Wildman–Crippen MR) is 87.5 cm³/mol. The fourth-order valence-corrected chi connectivity index (χ4v) is 2.03. The number of rotatable bonds is 6. The molecule has 0 fully saturated rings. The molecule has 23 heavy (non-hydrogen) atoms. The Bertz CT molecular complexity index is 644. The number of nitrogens with two attached hydrogens (primary N) is 1. The minimum atomic E-state index is -0.616. The number of hydrogen-bond acceptors (Lipinski definition) is 4. The number of nitrogens with zero attached hydrogens (tertiary/aromatic N) is 1. The van der Waals surface area contributed by atoms with Gasteiger partial charge in [0.25, 0.3) is 5.91 Å². The molecule has 2 atom stereocenters. The predicted octanol–water partition coefficient (Wildman–Crippen LogP) is 1.02. The molecule has 2 aromatic rings. The summed E-state index contributed by atoms with van der Waals surface area (Å²) in [6, 6.07) is 11.8. The molecule has 2 rings (SSSR count). The van der Waals surface area contributed by atoms with Crippen molar-refractivity contribution in [1.29, 1.82) is 0 Å². The molecule has 0 radical (unpaired) electrons. The van der Waals surface area contributed by atoms with E-state index in [1.807, 2.05) is 30.3 Å². The second kappa shape index (κ2) is 8.05. The summed E-state index contributed by atoms with van der Waals surface area (Å²) in [6.07, 6.45) is 3.10. The molecule has 1 unspecified atom stereocenters. The molecule has 0 aliphatic rings. The summed E-state index contributed by atoms with van der Waals surface area (Å²) in [4.78, 5) is 27.9. The average molecular weight is 312 g/mol. The van der Waals surface area contributed by atoms with Crippen molar-refractivity contribution in [3.63, 3.8) is 0 Å².